The van der Waals surface area contributed by atoms with E-state index < -0.39 is 42.3 Å². The lowest BCUT2D eigenvalue weighted by atomic mass is 9.79. The third-order valence-electron chi connectivity index (χ3n) is 5.90. The molecule has 0 bridgehead atoms. The Morgan fingerprint density at radius 1 is 1.27 bits per heavy atom. The molecule has 0 aromatic rings. The molecule has 0 aromatic heterocycles. The molecule has 174 valence electrons. The van der Waals surface area contributed by atoms with Crippen LogP contribution in [0.2, 0.25) is 0 Å². The van der Waals surface area contributed by atoms with Crippen LogP contribution < -0.4 is 0 Å². The zero-order chi connectivity index (χ0) is 22.4. The summed E-state index contributed by atoms with van der Waals surface area (Å²) in [6.07, 6.45) is 0.252. The first-order valence-corrected chi connectivity index (χ1v) is 10.8. The molecule has 30 heavy (non-hydrogen) atoms. The zero-order valence-corrected chi connectivity index (χ0v) is 17.9. The quantitative estimate of drug-likeness (QED) is 0.122. The predicted octanol–water partition coefficient (Wildman–Crippen LogP) is 0.377. The van der Waals surface area contributed by atoms with Crippen LogP contribution in [0.15, 0.2) is 5.29 Å². The molecule has 1 aliphatic carbocycles. The Kier molecular flexibility index (Phi) is 9.22. The minimum atomic E-state index is -2.52. The highest BCUT2D eigenvalue weighted by molar-refractivity contribution is 6.18. The molecule has 0 aromatic carbocycles. The molecule has 2 aliphatic rings. The topological polar surface area (TPSA) is 152 Å². The summed E-state index contributed by atoms with van der Waals surface area (Å²) in [5, 5.41) is 46.7. The Morgan fingerprint density at radius 3 is 2.47 bits per heavy atom. The summed E-state index contributed by atoms with van der Waals surface area (Å²) in [5.41, 5.74) is -2.52. The molecule has 0 spiro atoms. The summed E-state index contributed by atoms with van der Waals surface area (Å²) in [7, 11) is 0. The molecule has 2 rings (SSSR count). The van der Waals surface area contributed by atoms with E-state index in [-0.39, 0.29) is 25.6 Å². The maximum atomic E-state index is 13.0. The van der Waals surface area contributed by atoms with Gasteiger partial charge in [0, 0.05) is 24.9 Å². The molecule has 2 amide bonds. The van der Waals surface area contributed by atoms with Gasteiger partial charge in [0.2, 0.25) is 5.72 Å². The second-order valence-electron chi connectivity index (χ2n) is 7.59. The van der Waals surface area contributed by atoms with E-state index in [1.54, 1.807) is 6.92 Å². The average Bonchev–Trinajstić information content (AvgIpc) is 2.97. The van der Waals surface area contributed by atoms with Gasteiger partial charge < -0.3 is 29.9 Å². The summed E-state index contributed by atoms with van der Waals surface area (Å²) in [6, 6.07) is -1.05. The number of alkyl halides is 1. The van der Waals surface area contributed by atoms with Gasteiger partial charge in [0.1, 0.15) is 6.10 Å². The number of hydrogen-bond acceptors (Lipinski definition) is 9. The smallest absolute Gasteiger partial charge is 0.345 e. The highest BCUT2D eigenvalue weighted by atomic mass is 35.5. The standard InChI is InChI=1S/C18H32ClN3O8/c1-2-29-11-10-21(16(25)22(20-28)9-8-19)17(26)14(12-23)30-18(27,15(17)24)13-6-4-3-5-7-13/h13-15,23-24,26-27H,2-12H2,1H3/t14-,15-,17+,18+/m1/s1. The van der Waals surface area contributed by atoms with Gasteiger partial charge in [0.25, 0.3) is 0 Å². The van der Waals surface area contributed by atoms with E-state index in [1.165, 1.54) is 0 Å². The number of hydrogen-bond donors (Lipinski definition) is 4. The van der Waals surface area contributed by atoms with Gasteiger partial charge in [-0.1, -0.05) is 19.3 Å². The van der Waals surface area contributed by atoms with Gasteiger partial charge in [0.15, 0.2) is 11.9 Å². The Labute approximate surface area is 180 Å². The molecule has 1 aliphatic heterocycles. The van der Waals surface area contributed by atoms with Gasteiger partial charge in [-0.25, -0.2) is 4.79 Å². The Bertz CT molecular complexity index is 582. The zero-order valence-electron chi connectivity index (χ0n) is 17.2. The van der Waals surface area contributed by atoms with E-state index in [9.17, 15) is 30.1 Å². The molecule has 0 unspecified atom stereocenters. The second kappa shape index (κ2) is 11.0. The lowest BCUT2D eigenvalue weighted by Crippen LogP contribution is -2.67. The van der Waals surface area contributed by atoms with Crippen LogP contribution >= 0.6 is 11.6 Å². The van der Waals surface area contributed by atoms with Gasteiger partial charge in [-0.05, 0) is 19.8 Å². The summed E-state index contributed by atoms with van der Waals surface area (Å²) in [6.45, 7) is 0.746. The molecule has 2 fully saturated rings. The number of ether oxygens (including phenoxy) is 2. The number of rotatable bonds is 10. The van der Waals surface area contributed by atoms with Crippen molar-refractivity contribution >= 4 is 17.6 Å². The first-order chi connectivity index (χ1) is 14.3. The van der Waals surface area contributed by atoms with Crippen molar-refractivity contribution in [1.82, 2.24) is 9.91 Å². The van der Waals surface area contributed by atoms with Crippen molar-refractivity contribution in [2.75, 3.05) is 38.8 Å². The summed E-state index contributed by atoms with van der Waals surface area (Å²) in [4.78, 5) is 24.9. The third kappa shape index (κ3) is 4.72. The number of aliphatic hydroxyl groups is 4. The van der Waals surface area contributed by atoms with Crippen molar-refractivity contribution in [1.29, 1.82) is 0 Å². The highest BCUT2D eigenvalue weighted by Crippen LogP contribution is 2.47. The molecule has 1 heterocycles. The van der Waals surface area contributed by atoms with Gasteiger partial charge in [-0.2, -0.15) is 5.01 Å². The molecule has 4 atom stereocenters. The van der Waals surface area contributed by atoms with Crippen LogP contribution in [0.25, 0.3) is 0 Å². The maximum Gasteiger partial charge on any atom is 0.345 e. The number of nitroso groups, excluding NO2 is 1. The van der Waals surface area contributed by atoms with Gasteiger partial charge in [-0.15, -0.1) is 16.5 Å². The van der Waals surface area contributed by atoms with E-state index in [2.05, 4.69) is 5.29 Å². The number of amides is 2. The Morgan fingerprint density at radius 2 is 1.93 bits per heavy atom. The lowest BCUT2D eigenvalue weighted by Gasteiger charge is -2.43. The van der Waals surface area contributed by atoms with Crippen LogP contribution in [0.1, 0.15) is 39.0 Å². The third-order valence-corrected chi connectivity index (χ3v) is 6.07. The SMILES string of the molecule is CCOCCN(C(=O)N(CCCl)N=O)[C@@]1(O)[C@@H](O)[C@](O)(C2CCCCC2)O[C@@H]1CO. The highest BCUT2D eigenvalue weighted by Gasteiger charge is 2.68. The average molecular weight is 454 g/mol. The van der Waals surface area contributed by atoms with E-state index in [0.717, 1.165) is 24.2 Å². The molecule has 1 saturated carbocycles. The van der Waals surface area contributed by atoms with Crippen molar-refractivity contribution < 1.29 is 34.7 Å². The van der Waals surface area contributed by atoms with Crippen LogP contribution in [-0.2, 0) is 9.47 Å². The van der Waals surface area contributed by atoms with Crippen LogP contribution in [0, 0.1) is 10.8 Å². The van der Waals surface area contributed by atoms with Crippen LogP contribution in [-0.4, -0.2) is 98.9 Å². The summed E-state index contributed by atoms with van der Waals surface area (Å²) < 4.78 is 10.9. The minimum absolute atomic E-state index is 0.0369. The maximum absolute atomic E-state index is 13.0. The predicted molar refractivity (Wildman–Crippen MR) is 106 cm³/mol. The van der Waals surface area contributed by atoms with Gasteiger partial charge in [-0.3, -0.25) is 4.90 Å². The molecule has 4 N–H and O–H groups in total. The van der Waals surface area contributed by atoms with Crippen LogP contribution in [0.3, 0.4) is 0 Å². The normalized spacial score (nSPS) is 32.2. The van der Waals surface area contributed by atoms with Gasteiger partial charge >= 0.3 is 6.03 Å². The molecule has 11 nitrogen and oxygen atoms in total. The Hall–Kier alpha value is -1.08. The largest absolute Gasteiger partial charge is 0.393 e. The number of aliphatic hydroxyl groups excluding tert-OH is 2. The summed E-state index contributed by atoms with van der Waals surface area (Å²) >= 11 is 5.62. The van der Waals surface area contributed by atoms with E-state index in [4.69, 9.17) is 21.1 Å². The van der Waals surface area contributed by atoms with Gasteiger partial charge in [0.05, 0.1) is 25.0 Å². The molecular formula is C18H32ClN3O8. The van der Waals surface area contributed by atoms with Crippen LogP contribution in [0.5, 0.6) is 0 Å². The number of carbonyl (C=O) groups is 1. The molecule has 1 saturated heterocycles. The van der Waals surface area contributed by atoms with Crippen molar-refractivity contribution in [3.63, 3.8) is 0 Å². The number of halogens is 1. The fraction of sp³-hybridized carbons (Fsp3) is 0.944. The van der Waals surface area contributed by atoms with Crippen molar-refractivity contribution in [3.05, 3.63) is 4.91 Å². The van der Waals surface area contributed by atoms with Crippen molar-refractivity contribution in [2.45, 2.75) is 62.7 Å². The molecular weight excluding hydrogens is 422 g/mol. The van der Waals surface area contributed by atoms with E-state index in [0.29, 0.717) is 24.5 Å². The van der Waals surface area contributed by atoms with Crippen LogP contribution in [0.4, 0.5) is 4.79 Å². The lowest BCUT2D eigenvalue weighted by molar-refractivity contribution is -0.267. The number of urea groups is 1. The summed E-state index contributed by atoms with van der Waals surface area (Å²) in [5.74, 6) is -2.75. The van der Waals surface area contributed by atoms with E-state index >= 15 is 0 Å². The second-order valence-corrected chi connectivity index (χ2v) is 7.96. The monoisotopic (exact) mass is 453 g/mol. The first-order valence-electron chi connectivity index (χ1n) is 10.3. The fourth-order valence-corrected chi connectivity index (χ4v) is 4.47. The number of nitrogens with zero attached hydrogens (tertiary/aromatic N) is 3. The van der Waals surface area contributed by atoms with Crippen molar-refractivity contribution in [3.8, 4) is 0 Å². The number of carbonyl (C=O) groups excluding carboxylic acids is 1. The molecule has 12 heteroatoms. The first kappa shape index (κ1) is 25.2. The molecule has 0 radical (unpaired) electrons. The minimum Gasteiger partial charge on any atom is -0.393 e. The Balaban J connectivity index is 2.41. The van der Waals surface area contributed by atoms with E-state index in [1.807, 2.05) is 0 Å². The van der Waals surface area contributed by atoms with Crippen molar-refractivity contribution in [2.24, 2.45) is 11.2 Å². The fourth-order valence-electron chi connectivity index (χ4n) is 4.31.